The van der Waals surface area contributed by atoms with E-state index in [4.69, 9.17) is 4.99 Å². The summed E-state index contributed by atoms with van der Waals surface area (Å²) in [5.74, 6) is 0.557. The monoisotopic (exact) mass is 357 g/mol. The minimum absolute atomic E-state index is 0.363. The lowest BCUT2D eigenvalue weighted by atomic mass is 10.1. The molecule has 0 bridgehead atoms. The summed E-state index contributed by atoms with van der Waals surface area (Å²) in [6, 6.07) is 32.5. The molecule has 0 amide bonds. The van der Waals surface area contributed by atoms with Crippen molar-refractivity contribution in [2.24, 2.45) is 10.9 Å². The molecule has 26 heavy (non-hydrogen) atoms. The van der Waals surface area contributed by atoms with Gasteiger partial charge in [0, 0.05) is 12.1 Å². The van der Waals surface area contributed by atoms with E-state index in [2.05, 4.69) is 91.1 Å². The minimum Gasteiger partial charge on any atom is -0.261 e. The van der Waals surface area contributed by atoms with Crippen LogP contribution < -0.4 is 10.6 Å². The third-order valence-electron chi connectivity index (χ3n) is 5.10. The molecule has 0 heterocycles. The number of rotatable bonds is 5. The summed E-state index contributed by atoms with van der Waals surface area (Å²) in [4.78, 5) is 4.79. The third kappa shape index (κ3) is 3.94. The zero-order valence-corrected chi connectivity index (χ0v) is 15.8. The SMILES string of the molecule is C(=Nc1ccccc1)C1CCCC1P(c1ccccc1)c1ccccc1. The van der Waals surface area contributed by atoms with E-state index >= 15 is 0 Å². The molecule has 3 aromatic carbocycles. The highest BCUT2D eigenvalue weighted by atomic mass is 31.1. The van der Waals surface area contributed by atoms with Crippen molar-refractivity contribution in [2.45, 2.75) is 24.9 Å². The predicted molar refractivity (Wildman–Crippen MR) is 115 cm³/mol. The molecule has 2 heteroatoms. The Balaban J connectivity index is 1.65. The molecular weight excluding hydrogens is 333 g/mol. The minimum atomic E-state index is -0.363. The summed E-state index contributed by atoms with van der Waals surface area (Å²) in [7, 11) is -0.363. The molecule has 4 rings (SSSR count). The van der Waals surface area contributed by atoms with Crippen molar-refractivity contribution in [1.29, 1.82) is 0 Å². The maximum Gasteiger partial charge on any atom is 0.0625 e. The second-order valence-corrected chi connectivity index (χ2v) is 9.25. The average Bonchev–Trinajstić information content (AvgIpc) is 3.17. The van der Waals surface area contributed by atoms with Gasteiger partial charge in [0.2, 0.25) is 0 Å². The molecule has 1 aliphatic rings. The number of hydrogen-bond donors (Lipinski definition) is 0. The van der Waals surface area contributed by atoms with Crippen LogP contribution in [-0.2, 0) is 0 Å². The van der Waals surface area contributed by atoms with Crippen LogP contribution in [0.4, 0.5) is 5.69 Å². The molecule has 130 valence electrons. The fourth-order valence-electron chi connectivity index (χ4n) is 3.87. The van der Waals surface area contributed by atoms with Crippen molar-refractivity contribution in [3.8, 4) is 0 Å². The topological polar surface area (TPSA) is 12.4 Å². The van der Waals surface area contributed by atoms with E-state index in [1.165, 1.54) is 29.9 Å². The van der Waals surface area contributed by atoms with Gasteiger partial charge in [-0.25, -0.2) is 0 Å². The van der Waals surface area contributed by atoms with Gasteiger partial charge in [0.05, 0.1) is 5.69 Å². The fraction of sp³-hybridized carbons (Fsp3) is 0.208. The summed E-state index contributed by atoms with van der Waals surface area (Å²) >= 11 is 0. The Bertz CT molecular complexity index is 790. The summed E-state index contributed by atoms with van der Waals surface area (Å²) in [6.07, 6.45) is 6.07. The molecule has 3 aromatic rings. The molecule has 0 aromatic heterocycles. The first kappa shape index (κ1) is 17.2. The first-order chi connectivity index (χ1) is 12.9. The van der Waals surface area contributed by atoms with Gasteiger partial charge in [0.15, 0.2) is 0 Å². The molecule has 2 atom stereocenters. The van der Waals surface area contributed by atoms with Crippen LogP contribution >= 0.6 is 7.92 Å². The predicted octanol–water partition coefficient (Wildman–Crippen LogP) is 5.69. The van der Waals surface area contributed by atoms with Crippen molar-refractivity contribution < 1.29 is 0 Å². The van der Waals surface area contributed by atoms with Crippen LogP contribution in [0.15, 0.2) is 96.0 Å². The highest BCUT2D eigenvalue weighted by Gasteiger charge is 2.34. The second kappa shape index (κ2) is 8.43. The number of aliphatic imine (C=N–C) groups is 1. The first-order valence-electron chi connectivity index (χ1n) is 9.40. The number of nitrogens with zero attached hydrogens (tertiary/aromatic N) is 1. The van der Waals surface area contributed by atoms with Crippen molar-refractivity contribution >= 4 is 30.4 Å². The number of benzene rings is 3. The zero-order valence-electron chi connectivity index (χ0n) is 14.9. The maximum atomic E-state index is 4.79. The van der Waals surface area contributed by atoms with Gasteiger partial charge in [-0.1, -0.05) is 85.3 Å². The van der Waals surface area contributed by atoms with E-state index < -0.39 is 0 Å². The normalized spacial score (nSPS) is 20.0. The Hall–Kier alpha value is -2.24. The van der Waals surface area contributed by atoms with E-state index in [1.54, 1.807) is 0 Å². The van der Waals surface area contributed by atoms with Gasteiger partial charge in [-0.15, -0.1) is 0 Å². The Kier molecular flexibility index (Phi) is 5.57. The van der Waals surface area contributed by atoms with Gasteiger partial charge >= 0.3 is 0 Å². The molecule has 0 N–H and O–H groups in total. The highest BCUT2D eigenvalue weighted by Crippen LogP contribution is 2.49. The molecule has 1 fully saturated rings. The second-order valence-electron chi connectivity index (χ2n) is 6.82. The summed E-state index contributed by atoms with van der Waals surface area (Å²) in [6.45, 7) is 0. The lowest BCUT2D eigenvalue weighted by molar-refractivity contribution is 0.754. The van der Waals surface area contributed by atoms with Crippen molar-refractivity contribution in [1.82, 2.24) is 0 Å². The summed E-state index contributed by atoms with van der Waals surface area (Å²) in [5, 5.41) is 2.97. The van der Waals surface area contributed by atoms with Crippen LogP contribution in [-0.4, -0.2) is 11.9 Å². The highest BCUT2D eigenvalue weighted by molar-refractivity contribution is 7.73. The van der Waals surface area contributed by atoms with Gasteiger partial charge in [-0.05, 0) is 49.2 Å². The zero-order chi connectivity index (χ0) is 17.6. The molecular formula is C24H24NP. The first-order valence-corrected chi connectivity index (χ1v) is 10.8. The lowest BCUT2D eigenvalue weighted by Gasteiger charge is -2.28. The Morgan fingerprint density at radius 3 is 1.81 bits per heavy atom. The van der Waals surface area contributed by atoms with Gasteiger partial charge in [0.1, 0.15) is 0 Å². The van der Waals surface area contributed by atoms with Gasteiger partial charge in [0.25, 0.3) is 0 Å². The molecule has 2 unspecified atom stereocenters. The van der Waals surface area contributed by atoms with Gasteiger partial charge < -0.3 is 0 Å². The number of para-hydroxylation sites is 1. The van der Waals surface area contributed by atoms with E-state index in [0.29, 0.717) is 11.6 Å². The van der Waals surface area contributed by atoms with E-state index in [0.717, 1.165) is 5.69 Å². The Morgan fingerprint density at radius 1 is 0.692 bits per heavy atom. The molecule has 0 aliphatic heterocycles. The van der Waals surface area contributed by atoms with Crippen LogP contribution in [0.25, 0.3) is 0 Å². The maximum absolute atomic E-state index is 4.79. The third-order valence-corrected chi connectivity index (χ3v) is 8.12. The van der Waals surface area contributed by atoms with E-state index in [9.17, 15) is 0 Å². The van der Waals surface area contributed by atoms with E-state index in [1.807, 2.05) is 6.07 Å². The summed E-state index contributed by atoms with van der Waals surface area (Å²) in [5.41, 5.74) is 1.73. The molecule has 1 aliphatic carbocycles. The van der Waals surface area contributed by atoms with Crippen LogP contribution in [0.3, 0.4) is 0 Å². The Morgan fingerprint density at radius 2 is 1.23 bits per heavy atom. The summed E-state index contributed by atoms with van der Waals surface area (Å²) < 4.78 is 0. The fourth-order valence-corrected chi connectivity index (χ4v) is 6.97. The molecule has 1 nitrogen and oxygen atoms in total. The molecule has 1 saturated carbocycles. The van der Waals surface area contributed by atoms with Gasteiger partial charge in [-0.2, -0.15) is 0 Å². The van der Waals surface area contributed by atoms with Crippen molar-refractivity contribution in [3.05, 3.63) is 91.0 Å². The smallest absolute Gasteiger partial charge is 0.0625 e. The van der Waals surface area contributed by atoms with Crippen molar-refractivity contribution in [2.75, 3.05) is 0 Å². The number of hydrogen-bond acceptors (Lipinski definition) is 1. The molecule has 0 saturated heterocycles. The molecule has 0 radical (unpaired) electrons. The van der Waals surface area contributed by atoms with Gasteiger partial charge in [-0.3, -0.25) is 4.99 Å². The average molecular weight is 357 g/mol. The van der Waals surface area contributed by atoms with Crippen LogP contribution in [0.1, 0.15) is 19.3 Å². The van der Waals surface area contributed by atoms with Crippen LogP contribution in [0.5, 0.6) is 0 Å². The molecule has 0 spiro atoms. The van der Waals surface area contributed by atoms with Crippen LogP contribution in [0.2, 0.25) is 0 Å². The Labute approximate surface area is 157 Å². The van der Waals surface area contributed by atoms with Crippen molar-refractivity contribution in [3.63, 3.8) is 0 Å². The lowest BCUT2D eigenvalue weighted by Crippen LogP contribution is -2.25. The largest absolute Gasteiger partial charge is 0.261 e. The standard InChI is InChI=1S/C24H24NP/c1-4-12-21(13-5-1)25-19-20-11-10-18-24(20)26(22-14-6-2-7-15-22)23-16-8-3-9-17-23/h1-9,12-17,19-20,24H,10-11,18H2. The van der Waals surface area contributed by atoms with Crippen LogP contribution in [0, 0.1) is 5.92 Å². The van der Waals surface area contributed by atoms with E-state index in [-0.39, 0.29) is 7.92 Å². The quantitative estimate of drug-likeness (QED) is 0.411.